The number of benzene rings is 1. The van der Waals surface area contributed by atoms with Crippen LogP contribution < -0.4 is 4.74 Å². The Morgan fingerprint density at radius 2 is 2.00 bits per heavy atom. The van der Waals surface area contributed by atoms with Gasteiger partial charge in [0, 0.05) is 19.5 Å². The summed E-state index contributed by atoms with van der Waals surface area (Å²) in [5.41, 5.74) is 1.19. The number of carbonyl (C=O) groups is 2. The lowest BCUT2D eigenvalue weighted by atomic mass is 9.98. The number of esters is 1. The number of ether oxygens (including phenoxy) is 2. The molecule has 5 nitrogen and oxygen atoms in total. The van der Waals surface area contributed by atoms with Crippen molar-refractivity contribution in [3.05, 3.63) is 29.8 Å². The highest BCUT2D eigenvalue weighted by Gasteiger charge is 2.28. The largest absolute Gasteiger partial charge is 0.494 e. The first-order chi connectivity index (χ1) is 11.6. The second-order valence-corrected chi connectivity index (χ2v) is 6.20. The molecule has 1 fully saturated rings. The van der Waals surface area contributed by atoms with Gasteiger partial charge in [0.1, 0.15) is 5.75 Å². The fourth-order valence-corrected chi connectivity index (χ4v) is 2.86. The van der Waals surface area contributed by atoms with Crippen LogP contribution in [-0.2, 0) is 14.3 Å². The summed E-state index contributed by atoms with van der Waals surface area (Å²) in [6.45, 7) is 5.95. The lowest BCUT2D eigenvalue weighted by molar-refractivity contribution is -0.151. The third kappa shape index (κ3) is 5.55. The molecular formula is C19H27NO4. The summed E-state index contributed by atoms with van der Waals surface area (Å²) in [5.74, 6) is 0.564. The Labute approximate surface area is 143 Å². The van der Waals surface area contributed by atoms with Gasteiger partial charge in [-0.1, -0.05) is 17.7 Å². The van der Waals surface area contributed by atoms with Crippen LogP contribution in [0.15, 0.2) is 24.3 Å². The monoisotopic (exact) mass is 333 g/mol. The Bertz CT molecular complexity index is 541. The first-order valence-electron chi connectivity index (χ1n) is 8.74. The van der Waals surface area contributed by atoms with Crippen LogP contribution in [-0.4, -0.2) is 43.1 Å². The summed E-state index contributed by atoms with van der Waals surface area (Å²) in [4.78, 5) is 25.9. The van der Waals surface area contributed by atoms with E-state index in [2.05, 4.69) is 0 Å². The van der Waals surface area contributed by atoms with Crippen LogP contribution in [0.2, 0.25) is 0 Å². The number of likely N-dealkylation sites (tertiary alicyclic amines) is 1. The molecule has 0 saturated carbocycles. The Morgan fingerprint density at radius 1 is 1.25 bits per heavy atom. The predicted octanol–water partition coefficient (Wildman–Crippen LogP) is 2.96. The lowest BCUT2D eigenvalue weighted by Gasteiger charge is -2.31. The van der Waals surface area contributed by atoms with E-state index in [0.717, 1.165) is 25.1 Å². The molecule has 1 aliphatic heterocycles. The smallest absolute Gasteiger partial charge is 0.310 e. The second kappa shape index (κ2) is 9.30. The Hall–Kier alpha value is -2.04. The predicted molar refractivity (Wildman–Crippen MR) is 91.8 cm³/mol. The number of rotatable bonds is 7. The molecule has 0 unspecified atom stereocenters. The van der Waals surface area contributed by atoms with Gasteiger partial charge in [-0.05, 0) is 45.2 Å². The van der Waals surface area contributed by atoms with Gasteiger partial charge in [-0.15, -0.1) is 0 Å². The number of hydrogen-bond acceptors (Lipinski definition) is 4. The zero-order valence-electron chi connectivity index (χ0n) is 14.6. The molecule has 132 valence electrons. The molecule has 0 aliphatic carbocycles. The molecule has 0 bridgehead atoms. The SMILES string of the molecule is CCOC(=O)[C@@H]1CCCN(C(=O)CCCOc2ccc(C)cc2)C1. The van der Waals surface area contributed by atoms with Crippen molar-refractivity contribution >= 4 is 11.9 Å². The van der Waals surface area contributed by atoms with Crippen molar-refractivity contribution in [3.63, 3.8) is 0 Å². The standard InChI is InChI=1S/C19H27NO4/c1-3-23-19(22)16-6-4-12-20(14-16)18(21)7-5-13-24-17-10-8-15(2)9-11-17/h8-11,16H,3-7,12-14H2,1-2H3/t16-/m1/s1. The van der Waals surface area contributed by atoms with Gasteiger partial charge in [0.15, 0.2) is 0 Å². The zero-order chi connectivity index (χ0) is 17.4. The van der Waals surface area contributed by atoms with Crippen LogP contribution in [0.4, 0.5) is 0 Å². The number of carbonyl (C=O) groups excluding carboxylic acids is 2. The number of hydrogen-bond donors (Lipinski definition) is 0. The van der Waals surface area contributed by atoms with Crippen molar-refractivity contribution in [2.75, 3.05) is 26.3 Å². The molecule has 1 atom stereocenters. The Balaban J connectivity index is 1.69. The topological polar surface area (TPSA) is 55.8 Å². The summed E-state index contributed by atoms with van der Waals surface area (Å²) in [6, 6.07) is 7.88. The maximum atomic E-state index is 12.3. The minimum Gasteiger partial charge on any atom is -0.494 e. The van der Waals surface area contributed by atoms with E-state index in [0.29, 0.717) is 32.6 Å². The molecule has 0 radical (unpaired) electrons. The molecule has 1 aliphatic rings. The maximum Gasteiger partial charge on any atom is 0.310 e. The molecule has 1 heterocycles. The average Bonchev–Trinajstić information content (AvgIpc) is 2.60. The number of amides is 1. The van der Waals surface area contributed by atoms with Gasteiger partial charge >= 0.3 is 5.97 Å². The van der Waals surface area contributed by atoms with Crippen LogP contribution in [0.1, 0.15) is 38.2 Å². The van der Waals surface area contributed by atoms with E-state index in [9.17, 15) is 9.59 Å². The summed E-state index contributed by atoms with van der Waals surface area (Å²) < 4.78 is 10.7. The Kier molecular flexibility index (Phi) is 7.09. The fraction of sp³-hybridized carbons (Fsp3) is 0.579. The quantitative estimate of drug-likeness (QED) is 0.569. The van der Waals surface area contributed by atoms with E-state index in [4.69, 9.17) is 9.47 Å². The maximum absolute atomic E-state index is 12.3. The van der Waals surface area contributed by atoms with Gasteiger partial charge < -0.3 is 14.4 Å². The molecule has 1 amide bonds. The first kappa shape index (κ1) is 18.3. The van der Waals surface area contributed by atoms with Gasteiger partial charge in [0.25, 0.3) is 0 Å². The lowest BCUT2D eigenvalue weighted by Crippen LogP contribution is -2.42. The van der Waals surface area contributed by atoms with E-state index < -0.39 is 0 Å². The van der Waals surface area contributed by atoms with Crippen molar-refractivity contribution in [1.82, 2.24) is 4.90 Å². The van der Waals surface area contributed by atoms with E-state index in [1.165, 1.54) is 5.56 Å². The molecule has 1 saturated heterocycles. The molecule has 5 heteroatoms. The summed E-state index contributed by atoms with van der Waals surface area (Å²) in [5, 5.41) is 0. The molecular weight excluding hydrogens is 306 g/mol. The van der Waals surface area contributed by atoms with Crippen LogP contribution in [0.5, 0.6) is 5.75 Å². The number of piperidine rings is 1. The van der Waals surface area contributed by atoms with E-state index in [1.807, 2.05) is 31.2 Å². The van der Waals surface area contributed by atoms with Crippen LogP contribution in [0.3, 0.4) is 0 Å². The minimum absolute atomic E-state index is 0.0940. The third-order valence-electron chi connectivity index (χ3n) is 4.22. The summed E-state index contributed by atoms with van der Waals surface area (Å²) >= 11 is 0. The minimum atomic E-state index is -0.183. The Morgan fingerprint density at radius 3 is 2.71 bits per heavy atom. The highest BCUT2D eigenvalue weighted by atomic mass is 16.5. The van der Waals surface area contributed by atoms with E-state index in [-0.39, 0.29) is 17.8 Å². The highest BCUT2D eigenvalue weighted by molar-refractivity contribution is 5.78. The van der Waals surface area contributed by atoms with Gasteiger partial charge in [-0.3, -0.25) is 9.59 Å². The molecule has 2 rings (SSSR count). The van der Waals surface area contributed by atoms with Crippen LogP contribution >= 0.6 is 0 Å². The van der Waals surface area contributed by atoms with Crippen molar-refractivity contribution < 1.29 is 19.1 Å². The zero-order valence-corrected chi connectivity index (χ0v) is 14.6. The molecule has 24 heavy (non-hydrogen) atoms. The highest BCUT2D eigenvalue weighted by Crippen LogP contribution is 2.19. The van der Waals surface area contributed by atoms with Gasteiger partial charge in [-0.25, -0.2) is 0 Å². The molecule has 0 N–H and O–H groups in total. The third-order valence-corrected chi connectivity index (χ3v) is 4.22. The molecule has 0 aromatic heterocycles. The van der Waals surface area contributed by atoms with E-state index >= 15 is 0 Å². The summed E-state index contributed by atoms with van der Waals surface area (Å²) in [7, 11) is 0. The van der Waals surface area contributed by atoms with Crippen LogP contribution in [0, 0.1) is 12.8 Å². The van der Waals surface area contributed by atoms with E-state index in [1.54, 1.807) is 11.8 Å². The van der Waals surface area contributed by atoms with Gasteiger partial charge in [0.05, 0.1) is 19.1 Å². The van der Waals surface area contributed by atoms with Crippen LogP contribution in [0.25, 0.3) is 0 Å². The van der Waals surface area contributed by atoms with Crippen molar-refractivity contribution in [3.8, 4) is 5.75 Å². The average molecular weight is 333 g/mol. The van der Waals surface area contributed by atoms with Crippen molar-refractivity contribution in [1.29, 1.82) is 0 Å². The second-order valence-electron chi connectivity index (χ2n) is 6.20. The van der Waals surface area contributed by atoms with Gasteiger partial charge in [0.2, 0.25) is 5.91 Å². The fourth-order valence-electron chi connectivity index (χ4n) is 2.86. The van der Waals surface area contributed by atoms with Crippen molar-refractivity contribution in [2.45, 2.75) is 39.5 Å². The van der Waals surface area contributed by atoms with Gasteiger partial charge in [-0.2, -0.15) is 0 Å². The molecule has 1 aromatic carbocycles. The molecule has 0 spiro atoms. The van der Waals surface area contributed by atoms with Crippen molar-refractivity contribution in [2.24, 2.45) is 5.92 Å². The number of aryl methyl sites for hydroxylation is 1. The molecule has 1 aromatic rings. The first-order valence-corrected chi connectivity index (χ1v) is 8.74. The normalized spacial score (nSPS) is 17.4. The summed E-state index contributed by atoms with van der Waals surface area (Å²) in [6.07, 6.45) is 2.78. The number of nitrogens with zero attached hydrogens (tertiary/aromatic N) is 1.